The van der Waals surface area contributed by atoms with Crippen LogP contribution in [-0.4, -0.2) is 15.6 Å². The van der Waals surface area contributed by atoms with Gasteiger partial charge in [-0.1, -0.05) is 6.08 Å². The van der Waals surface area contributed by atoms with Crippen LogP contribution >= 0.6 is 0 Å². The molecule has 7 heavy (non-hydrogen) atoms. The molecule has 1 radical (unpaired) electrons. The maximum absolute atomic E-state index is 5.17. The van der Waals surface area contributed by atoms with Gasteiger partial charge in [-0.3, -0.25) is 0 Å². The highest BCUT2D eigenvalue weighted by Crippen LogP contribution is 1.81. The van der Waals surface area contributed by atoms with Gasteiger partial charge in [0.15, 0.2) is 0 Å². The molecule has 0 aliphatic rings. The van der Waals surface area contributed by atoms with Crippen molar-refractivity contribution in [3.05, 3.63) is 12.7 Å². The van der Waals surface area contributed by atoms with E-state index in [0.717, 1.165) is 0 Å². The fraction of sp³-hybridized carbons (Fsp3) is 0.600. The van der Waals surface area contributed by atoms with Crippen molar-refractivity contribution in [2.75, 3.05) is 6.61 Å². The molecular formula is C5H11OSi. The van der Waals surface area contributed by atoms with Crippen LogP contribution in [0.3, 0.4) is 0 Å². The molecule has 0 unspecified atom stereocenters. The lowest BCUT2D eigenvalue weighted by atomic mass is 10.7. The van der Waals surface area contributed by atoms with E-state index in [1.54, 1.807) is 6.08 Å². The molecule has 0 spiro atoms. The van der Waals surface area contributed by atoms with E-state index in [1.807, 2.05) is 0 Å². The molecule has 0 saturated carbocycles. The Morgan fingerprint density at radius 3 is 2.43 bits per heavy atom. The molecule has 0 aliphatic carbocycles. The molecule has 0 saturated heterocycles. The van der Waals surface area contributed by atoms with Crippen LogP contribution < -0.4 is 0 Å². The maximum atomic E-state index is 5.17. The molecule has 0 bridgehead atoms. The minimum atomic E-state index is -0.469. The average molecular weight is 115 g/mol. The van der Waals surface area contributed by atoms with Gasteiger partial charge in [-0.2, -0.15) is 0 Å². The van der Waals surface area contributed by atoms with Crippen molar-refractivity contribution in [1.82, 2.24) is 0 Å². The summed E-state index contributed by atoms with van der Waals surface area (Å²) in [4.78, 5) is 0. The van der Waals surface area contributed by atoms with Crippen molar-refractivity contribution in [2.45, 2.75) is 13.1 Å². The summed E-state index contributed by atoms with van der Waals surface area (Å²) in [6.07, 6.45) is 1.78. The van der Waals surface area contributed by atoms with E-state index in [2.05, 4.69) is 19.7 Å². The van der Waals surface area contributed by atoms with Crippen LogP contribution in [0.25, 0.3) is 0 Å². The van der Waals surface area contributed by atoms with Gasteiger partial charge in [-0.05, 0) is 13.1 Å². The first-order chi connectivity index (χ1) is 3.27. The Kier molecular flexibility index (Phi) is 4.04. The zero-order valence-electron chi connectivity index (χ0n) is 4.90. The van der Waals surface area contributed by atoms with Crippen LogP contribution in [-0.2, 0) is 4.43 Å². The summed E-state index contributed by atoms with van der Waals surface area (Å²) in [6, 6.07) is 0. The molecule has 0 rings (SSSR count). The Labute approximate surface area is 46.7 Å². The van der Waals surface area contributed by atoms with Gasteiger partial charge < -0.3 is 4.43 Å². The molecule has 2 heteroatoms. The van der Waals surface area contributed by atoms with E-state index < -0.39 is 9.04 Å². The first-order valence-corrected chi connectivity index (χ1v) is 4.72. The van der Waals surface area contributed by atoms with Crippen LogP contribution in [0.1, 0.15) is 0 Å². The summed E-state index contributed by atoms with van der Waals surface area (Å²) in [6.45, 7) is 8.44. The first-order valence-electron chi connectivity index (χ1n) is 2.31. The van der Waals surface area contributed by atoms with Crippen molar-refractivity contribution in [1.29, 1.82) is 0 Å². The molecule has 1 nitrogen and oxygen atoms in total. The van der Waals surface area contributed by atoms with E-state index in [1.165, 1.54) is 0 Å². The SMILES string of the molecule is C=CCO[Si](C)C. The van der Waals surface area contributed by atoms with E-state index in [0.29, 0.717) is 6.61 Å². The predicted molar refractivity (Wildman–Crippen MR) is 33.6 cm³/mol. The summed E-state index contributed by atoms with van der Waals surface area (Å²) in [5.41, 5.74) is 0. The minimum absolute atomic E-state index is 0.469. The molecule has 0 fully saturated rings. The Morgan fingerprint density at radius 2 is 2.29 bits per heavy atom. The second kappa shape index (κ2) is 4.09. The van der Waals surface area contributed by atoms with E-state index >= 15 is 0 Å². The zero-order chi connectivity index (χ0) is 5.70. The van der Waals surface area contributed by atoms with Crippen molar-refractivity contribution in [3.8, 4) is 0 Å². The second-order valence-corrected chi connectivity index (χ2v) is 3.61. The lowest BCUT2D eigenvalue weighted by Crippen LogP contribution is -2.06. The Hall–Kier alpha value is -0.0831. The fourth-order valence-electron chi connectivity index (χ4n) is 0.226. The lowest BCUT2D eigenvalue weighted by molar-refractivity contribution is 0.375. The standard InChI is InChI=1S/C5H11OSi/c1-4-5-6-7(2)3/h4H,1,5H2,2-3H3. The maximum Gasteiger partial charge on any atom is 0.205 e. The van der Waals surface area contributed by atoms with E-state index in [-0.39, 0.29) is 0 Å². The first kappa shape index (κ1) is 6.92. The third kappa shape index (κ3) is 5.92. The van der Waals surface area contributed by atoms with Crippen LogP contribution in [0.5, 0.6) is 0 Å². The summed E-state index contributed by atoms with van der Waals surface area (Å²) in [5.74, 6) is 0. The summed E-state index contributed by atoms with van der Waals surface area (Å²) in [5, 5.41) is 0. The van der Waals surface area contributed by atoms with Crippen LogP contribution in [0.15, 0.2) is 12.7 Å². The molecule has 0 aromatic heterocycles. The van der Waals surface area contributed by atoms with Crippen LogP contribution in [0.4, 0.5) is 0 Å². The van der Waals surface area contributed by atoms with Crippen molar-refractivity contribution >= 4 is 9.04 Å². The summed E-state index contributed by atoms with van der Waals surface area (Å²) >= 11 is 0. The molecule has 0 heterocycles. The Morgan fingerprint density at radius 1 is 1.71 bits per heavy atom. The smallest absolute Gasteiger partial charge is 0.205 e. The Bertz CT molecular complexity index is 52.0. The third-order valence-electron chi connectivity index (χ3n) is 0.490. The van der Waals surface area contributed by atoms with Gasteiger partial charge in [0.1, 0.15) is 0 Å². The number of hydrogen-bond acceptors (Lipinski definition) is 1. The monoisotopic (exact) mass is 115 g/mol. The van der Waals surface area contributed by atoms with Crippen LogP contribution in [0.2, 0.25) is 13.1 Å². The largest absolute Gasteiger partial charge is 0.414 e. The van der Waals surface area contributed by atoms with Crippen molar-refractivity contribution < 1.29 is 4.43 Å². The molecule has 0 amide bonds. The van der Waals surface area contributed by atoms with Gasteiger partial charge in [0, 0.05) is 0 Å². The highest BCUT2D eigenvalue weighted by Gasteiger charge is 1.90. The second-order valence-electron chi connectivity index (χ2n) is 1.51. The molecule has 0 N–H and O–H groups in total. The summed E-state index contributed by atoms with van der Waals surface area (Å²) in [7, 11) is -0.469. The average Bonchev–Trinajstić information content (AvgIpc) is 1.61. The topological polar surface area (TPSA) is 9.23 Å². The lowest BCUT2D eigenvalue weighted by Gasteiger charge is -1.98. The van der Waals surface area contributed by atoms with Crippen molar-refractivity contribution in [3.63, 3.8) is 0 Å². The van der Waals surface area contributed by atoms with Crippen molar-refractivity contribution in [2.24, 2.45) is 0 Å². The highest BCUT2D eigenvalue weighted by molar-refractivity contribution is 6.48. The van der Waals surface area contributed by atoms with Gasteiger partial charge in [0.2, 0.25) is 9.04 Å². The molecule has 0 aromatic carbocycles. The number of rotatable bonds is 3. The molecular weight excluding hydrogens is 104 g/mol. The normalized spacial score (nSPS) is 9.57. The highest BCUT2D eigenvalue weighted by atomic mass is 28.3. The molecule has 0 atom stereocenters. The molecule has 41 valence electrons. The zero-order valence-corrected chi connectivity index (χ0v) is 5.90. The van der Waals surface area contributed by atoms with Gasteiger partial charge in [-0.15, -0.1) is 6.58 Å². The van der Waals surface area contributed by atoms with Gasteiger partial charge >= 0.3 is 0 Å². The van der Waals surface area contributed by atoms with Crippen LogP contribution in [0, 0.1) is 0 Å². The summed E-state index contributed by atoms with van der Waals surface area (Å²) < 4.78 is 5.17. The predicted octanol–water partition coefficient (Wildman–Crippen LogP) is 1.44. The minimum Gasteiger partial charge on any atom is -0.414 e. The Balaban J connectivity index is 2.81. The van der Waals surface area contributed by atoms with Gasteiger partial charge in [0.25, 0.3) is 0 Å². The quantitative estimate of drug-likeness (QED) is 0.399. The van der Waals surface area contributed by atoms with Gasteiger partial charge in [0.05, 0.1) is 6.61 Å². The van der Waals surface area contributed by atoms with E-state index in [4.69, 9.17) is 4.43 Å². The molecule has 0 aliphatic heterocycles. The fourth-order valence-corrected chi connectivity index (χ4v) is 0.677. The molecule has 0 aromatic rings. The number of hydrogen-bond donors (Lipinski definition) is 0. The van der Waals surface area contributed by atoms with E-state index in [9.17, 15) is 0 Å². The van der Waals surface area contributed by atoms with Gasteiger partial charge in [-0.25, -0.2) is 0 Å². The third-order valence-corrected chi connectivity index (χ3v) is 1.23.